The highest BCUT2D eigenvalue weighted by atomic mass is 32.1. The Kier molecular flexibility index (Phi) is 3.59. The van der Waals surface area contributed by atoms with Crippen molar-refractivity contribution < 1.29 is 0 Å². The van der Waals surface area contributed by atoms with Crippen molar-refractivity contribution in [2.24, 2.45) is 5.41 Å². The molecule has 0 rings (SSSR count). The molecule has 1 nitrogen and oxygen atoms in total. The highest BCUT2D eigenvalue weighted by molar-refractivity contribution is 7.80. The topological polar surface area (TPSA) is 3.24 Å². The molecule has 0 bridgehead atoms. The van der Waals surface area contributed by atoms with Crippen LogP contribution in [-0.2, 0) is 0 Å². The largest absolute Gasteiger partial charge is 0.297 e. The average Bonchev–Trinajstić information content (AvgIpc) is 1.62. The van der Waals surface area contributed by atoms with E-state index in [-0.39, 0.29) is 0 Å². The van der Waals surface area contributed by atoms with E-state index in [0.717, 1.165) is 12.4 Å². The Morgan fingerprint density at radius 2 is 1.78 bits per heavy atom. The third-order valence-corrected chi connectivity index (χ3v) is 1.47. The quantitative estimate of drug-likeness (QED) is 0.461. The molecule has 0 aliphatic heterocycles. The van der Waals surface area contributed by atoms with E-state index in [1.54, 1.807) is 0 Å². The first-order chi connectivity index (χ1) is 3.95. The fourth-order valence-electron chi connectivity index (χ4n) is 0.860. The maximum Gasteiger partial charge on any atom is 0.0411 e. The van der Waals surface area contributed by atoms with Gasteiger partial charge in [0, 0.05) is 12.4 Å². The van der Waals surface area contributed by atoms with Gasteiger partial charge in [0.1, 0.15) is 0 Å². The summed E-state index contributed by atoms with van der Waals surface area (Å²) in [5.74, 6) is 0.845. The predicted octanol–water partition coefficient (Wildman–Crippen LogP) is 1.85. The van der Waals surface area contributed by atoms with Crippen molar-refractivity contribution in [2.75, 3.05) is 19.5 Å². The minimum atomic E-state index is 0.400. The van der Waals surface area contributed by atoms with E-state index in [0.29, 0.717) is 5.41 Å². The van der Waals surface area contributed by atoms with Crippen LogP contribution in [0.4, 0.5) is 0 Å². The highest BCUT2D eigenvalue weighted by Gasteiger charge is 2.11. The van der Waals surface area contributed by atoms with Crippen LogP contribution >= 0.6 is 12.6 Å². The van der Waals surface area contributed by atoms with E-state index >= 15 is 0 Å². The Morgan fingerprint density at radius 3 is 1.89 bits per heavy atom. The molecule has 0 fully saturated rings. The molecule has 0 aromatic carbocycles. The SMILES string of the molecule is CN(CS)CC(C)(C)C. The van der Waals surface area contributed by atoms with Gasteiger partial charge in [0.25, 0.3) is 0 Å². The zero-order valence-electron chi connectivity index (χ0n) is 6.81. The lowest BCUT2D eigenvalue weighted by Crippen LogP contribution is -2.28. The van der Waals surface area contributed by atoms with Crippen LogP contribution in [0.1, 0.15) is 20.8 Å². The van der Waals surface area contributed by atoms with E-state index < -0.39 is 0 Å². The Bertz CT molecular complexity index is 75.5. The van der Waals surface area contributed by atoms with Crippen molar-refractivity contribution in [2.45, 2.75) is 20.8 Å². The van der Waals surface area contributed by atoms with Crippen LogP contribution in [0.15, 0.2) is 0 Å². The lowest BCUT2D eigenvalue weighted by atomic mass is 9.97. The number of nitrogens with zero attached hydrogens (tertiary/aromatic N) is 1. The van der Waals surface area contributed by atoms with Gasteiger partial charge in [0.05, 0.1) is 0 Å². The molecule has 0 aromatic rings. The molecular formula is C7H17NS. The molecule has 0 amide bonds. The Balaban J connectivity index is 3.47. The van der Waals surface area contributed by atoms with Gasteiger partial charge in [0.15, 0.2) is 0 Å². The fraction of sp³-hybridized carbons (Fsp3) is 1.00. The second-order valence-electron chi connectivity index (χ2n) is 3.72. The minimum absolute atomic E-state index is 0.400. The molecule has 56 valence electrons. The molecule has 0 saturated heterocycles. The molecule has 0 aliphatic rings. The van der Waals surface area contributed by atoms with Crippen LogP contribution in [-0.4, -0.2) is 24.4 Å². The summed E-state index contributed by atoms with van der Waals surface area (Å²) in [6.45, 7) is 7.79. The highest BCUT2D eigenvalue weighted by Crippen LogP contribution is 2.13. The molecule has 0 aliphatic carbocycles. The standard InChI is InChI=1S/C7H17NS/c1-7(2,3)5-8(4)6-9/h9H,5-6H2,1-4H3. The van der Waals surface area contributed by atoms with Gasteiger partial charge in [-0.2, -0.15) is 12.6 Å². The van der Waals surface area contributed by atoms with Gasteiger partial charge in [-0.25, -0.2) is 0 Å². The zero-order chi connectivity index (χ0) is 7.49. The normalized spacial score (nSPS) is 12.7. The van der Waals surface area contributed by atoms with E-state index in [1.165, 1.54) is 0 Å². The summed E-state index contributed by atoms with van der Waals surface area (Å²) in [6, 6.07) is 0. The van der Waals surface area contributed by atoms with Crippen LogP contribution in [0.5, 0.6) is 0 Å². The summed E-state index contributed by atoms with van der Waals surface area (Å²) in [6.07, 6.45) is 0. The summed E-state index contributed by atoms with van der Waals surface area (Å²) in [5.41, 5.74) is 0.400. The van der Waals surface area contributed by atoms with Gasteiger partial charge < -0.3 is 0 Å². The molecule has 9 heavy (non-hydrogen) atoms. The second kappa shape index (κ2) is 3.47. The molecule has 0 N–H and O–H groups in total. The molecule has 0 heterocycles. The summed E-state index contributed by atoms with van der Waals surface area (Å²) >= 11 is 4.15. The average molecular weight is 147 g/mol. The lowest BCUT2D eigenvalue weighted by molar-refractivity contribution is 0.256. The molecule has 0 radical (unpaired) electrons. The Morgan fingerprint density at radius 1 is 1.33 bits per heavy atom. The van der Waals surface area contributed by atoms with E-state index in [2.05, 4.69) is 45.3 Å². The van der Waals surface area contributed by atoms with Gasteiger partial charge in [-0.05, 0) is 12.5 Å². The second-order valence-corrected chi connectivity index (χ2v) is 4.00. The van der Waals surface area contributed by atoms with Crippen molar-refractivity contribution >= 4 is 12.6 Å². The molecule has 0 saturated carbocycles. The molecule has 2 heteroatoms. The van der Waals surface area contributed by atoms with E-state index in [4.69, 9.17) is 0 Å². The molecule has 0 unspecified atom stereocenters. The first-order valence-corrected chi connectivity index (χ1v) is 3.88. The maximum atomic E-state index is 4.15. The number of hydrogen-bond acceptors (Lipinski definition) is 2. The fourth-order valence-corrected chi connectivity index (χ4v) is 0.960. The monoisotopic (exact) mass is 147 g/mol. The van der Waals surface area contributed by atoms with Crippen molar-refractivity contribution in [1.82, 2.24) is 4.90 Å². The number of thiol groups is 1. The van der Waals surface area contributed by atoms with Crippen molar-refractivity contribution in [3.8, 4) is 0 Å². The first kappa shape index (κ1) is 9.31. The van der Waals surface area contributed by atoms with Crippen molar-refractivity contribution in [3.63, 3.8) is 0 Å². The third-order valence-electron chi connectivity index (χ3n) is 0.986. The van der Waals surface area contributed by atoms with Gasteiger partial charge in [-0.3, -0.25) is 4.90 Å². The molecule has 0 aromatic heterocycles. The van der Waals surface area contributed by atoms with Gasteiger partial charge in [0.2, 0.25) is 0 Å². The molecule has 0 spiro atoms. The van der Waals surface area contributed by atoms with Crippen molar-refractivity contribution in [1.29, 1.82) is 0 Å². The lowest BCUT2D eigenvalue weighted by Gasteiger charge is -2.24. The van der Waals surface area contributed by atoms with E-state index in [9.17, 15) is 0 Å². The van der Waals surface area contributed by atoms with Crippen LogP contribution < -0.4 is 0 Å². The first-order valence-electron chi connectivity index (χ1n) is 3.25. The van der Waals surface area contributed by atoms with Crippen LogP contribution in [0.2, 0.25) is 0 Å². The number of rotatable bonds is 2. The summed E-state index contributed by atoms with van der Waals surface area (Å²) in [4.78, 5) is 2.20. The molecular weight excluding hydrogens is 130 g/mol. The third kappa shape index (κ3) is 6.19. The van der Waals surface area contributed by atoms with Gasteiger partial charge >= 0.3 is 0 Å². The summed E-state index contributed by atoms with van der Waals surface area (Å²) in [5, 5.41) is 0. The Hall–Kier alpha value is 0.310. The van der Waals surface area contributed by atoms with Crippen LogP contribution in [0, 0.1) is 5.41 Å². The van der Waals surface area contributed by atoms with E-state index in [1.807, 2.05) is 0 Å². The zero-order valence-corrected chi connectivity index (χ0v) is 7.70. The predicted molar refractivity (Wildman–Crippen MR) is 45.9 cm³/mol. The number of hydrogen-bond donors (Lipinski definition) is 1. The smallest absolute Gasteiger partial charge is 0.0411 e. The van der Waals surface area contributed by atoms with Gasteiger partial charge in [-0.15, -0.1) is 0 Å². The summed E-state index contributed by atoms with van der Waals surface area (Å²) in [7, 11) is 2.08. The summed E-state index contributed by atoms with van der Waals surface area (Å²) < 4.78 is 0. The molecule has 0 atom stereocenters. The maximum absolute atomic E-state index is 4.15. The Labute approximate surface area is 63.8 Å². The minimum Gasteiger partial charge on any atom is -0.297 e. The van der Waals surface area contributed by atoms with Crippen molar-refractivity contribution in [3.05, 3.63) is 0 Å². The van der Waals surface area contributed by atoms with Crippen LogP contribution in [0.3, 0.4) is 0 Å². The van der Waals surface area contributed by atoms with Crippen LogP contribution in [0.25, 0.3) is 0 Å². The van der Waals surface area contributed by atoms with Gasteiger partial charge in [-0.1, -0.05) is 20.8 Å².